The molecule has 2 heterocycles. The zero-order valence-electron chi connectivity index (χ0n) is 9.47. The smallest absolute Gasteiger partial charge is 0.0599 e. The number of aromatic nitrogens is 1. The molecule has 0 saturated carbocycles. The SMILES string of the molecule is OCC1CNCCCN1Cc1cccnc1. The average Bonchev–Trinajstić information content (AvgIpc) is 2.55. The number of hydrogen-bond donors (Lipinski definition) is 2. The summed E-state index contributed by atoms with van der Waals surface area (Å²) in [5.41, 5.74) is 1.21. The van der Waals surface area contributed by atoms with Crippen molar-refractivity contribution >= 4 is 0 Å². The predicted octanol–water partition coefficient (Wildman–Crippen LogP) is 0.238. The number of nitrogens with zero attached hydrogens (tertiary/aromatic N) is 2. The summed E-state index contributed by atoms with van der Waals surface area (Å²) in [6.07, 6.45) is 4.82. The Balaban J connectivity index is 2.00. The largest absolute Gasteiger partial charge is 0.395 e. The minimum Gasteiger partial charge on any atom is -0.395 e. The van der Waals surface area contributed by atoms with Crippen LogP contribution in [0.15, 0.2) is 24.5 Å². The third-order valence-electron chi connectivity index (χ3n) is 3.01. The summed E-state index contributed by atoms with van der Waals surface area (Å²) in [7, 11) is 0. The van der Waals surface area contributed by atoms with E-state index in [2.05, 4.69) is 21.3 Å². The summed E-state index contributed by atoms with van der Waals surface area (Å²) >= 11 is 0. The van der Waals surface area contributed by atoms with Crippen LogP contribution in [0.1, 0.15) is 12.0 Å². The number of hydrogen-bond acceptors (Lipinski definition) is 4. The van der Waals surface area contributed by atoms with Crippen molar-refractivity contribution in [2.24, 2.45) is 0 Å². The fourth-order valence-corrected chi connectivity index (χ4v) is 2.10. The number of nitrogens with one attached hydrogen (secondary N) is 1. The van der Waals surface area contributed by atoms with E-state index in [4.69, 9.17) is 0 Å². The van der Waals surface area contributed by atoms with Gasteiger partial charge in [-0.1, -0.05) is 6.07 Å². The monoisotopic (exact) mass is 221 g/mol. The molecule has 1 saturated heterocycles. The first-order chi connectivity index (χ1) is 7.90. The van der Waals surface area contributed by atoms with E-state index >= 15 is 0 Å². The minimum atomic E-state index is 0.216. The lowest BCUT2D eigenvalue weighted by Gasteiger charge is -2.27. The van der Waals surface area contributed by atoms with E-state index in [1.165, 1.54) is 5.56 Å². The Morgan fingerprint density at radius 1 is 1.56 bits per heavy atom. The van der Waals surface area contributed by atoms with Crippen molar-refractivity contribution in [1.82, 2.24) is 15.2 Å². The molecule has 0 aromatic carbocycles. The van der Waals surface area contributed by atoms with E-state index in [0.29, 0.717) is 0 Å². The highest BCUT2D eigenvalue weighted by atomic mass is 16.3. The van der Waals surface area contributed by atoms with Crippen molar-refractivity contribution in [3.05, 3.63) is 30.1 Å². The molecule has 1 aromatic rings. The predicted molar refractivity (Wildman–Crippen MR) is 63.0 cm³/mol. The Bertz CT molecular complexity index is 304. The van der Waals surface area contributed by atoms with Crippen molar-refractivity contribution in [1.29, 1.82) is 0 Å². The highest BCUT2D eigenvalue weighted by Crippen LogP contribution is 2.09. The van der Waals surface area contributed by atoms with Gasteiger partial charge in [0.15, 0.2) is 0 Å². The normalized spacial score (nSPS) is 22.9. The first kappa shape index (κ1) is 11.5. The third-order valence-corrected chi connectivity index (χ3v) is 3.01. The maximum Gasteiger partial charge on any atom is 0.0599 e. The molecule has 1 atom stereocenters. The maximum absolute atomic E-state index is 9.37. The molecule has 0 bridgehead atoms. The average molecular weight is 221 g/mol. The molecule has 0 amide bonds. The Morgan fingerprint density at radius 3 is 3.25 bits per heavy atom. The molecule has 4 heteroatoms. The molecule has 1 unspecified atom stereocenters. The second kappa shape index (κ2) is 5.94. The Hall–Kier alpha value is -0.970. The number of pyridine rings is 1. The molecule has 1 fully saturated rings. The van der Waals surface area contributed by atoms with Crippen molar-refractivity contribution in [2.75, 3.05) is 26.2 Å². The van der Waals surface area contributed by atoms with Gasteiger partial charge in [0.05, 0.1) is 6.61 Å². The number of aliphatic hydroxyl groups is 1. The summed E-state index contributed by atoms with van der Waals surface area (Å²) in [5.74, 6) is 0. The fourth-order valence-electron chi connectivity index (χ4n) is 2.10. The van der Waals surface area contributed by atoms with Crippen LogP contribution in [0.4, 0.5) is 0 Å². The van der Waals surface area contributed by atoms with E-state index in [9.17, 15) is 5.11 Å². The quantitative estimate of drug-likeness (QED) is 0.767. The lowest BCUT2D eigenvalue weighted by Crippen LogP contribution is -2.41. The third kappa shape index (κ3) is 3.01. The number of aliphatic hydroxyl groups excluding tert-OH is 1. The van der Waals surface area contributed by atoms with Gasteiger partial charge >= 0.3 is 0 Å². The van der Waals surface area contributed by atoms with Crippen molar-refractivity contribution in [2.45, 2.75) is 19.0 Å². The van der Waals surface area contributed by atoms with Crippen LogP contribution < -0.4 is 5.32 Å². The molecule has 0 spiro atoms. The van der Waals surface area contributed by atoms with Crippen LogP contribution in [0.3, 0.4) is 0 Å². The molecule has 16 heavy (non-hydrogen) atoms. The fraction of sp³-hybridized carbons (Fsp3) is 0.583. The Labute approximate surface area is 96.3 Å². The first-order valence-electron chi connectivity index (χ1n) is 5.84. The minimum absolute atomic E-state index is 0.216. The Kier molecular flexibility index (Phi) is 4.27. The van der Waals surface area contributed by atoms with E-state index in [1.54, 1.807) is 6.20 Å². The summed E-state index contributed by atoms with van der Waals surface area (Å²) in [4.78, 5) is 6.45. The lowest BCUT2D eigenvalue weighted by molar-refractivity contribution is 0.126. The van der Waals surface area contributed by atoms with Crippen LogP contribution in [0, 0.1) is 0 Å². The second-order valence-electron chi connectivity index (χ2n) is 4.23. The summed E-state index contributed by atoms with van der Waals surface area (Å²) in [5, 5.41) is 12.7. The molecule has 1 aliphatic rings. The van der Waals surface area contributed by atoms with Gasteiger partial charge in [-0.2, -0.15) is 0 Å². The van der Waals surface area contributed by atoms with E-state index in [1.807, 2.05) is 12.3 Å². The zero-order chi connectivity index (χ0) is 11.2. The van der Waals surface area contributed by atoms with Gasteiger partial charge in [0, 0.05) is 38.1 Å². The summed E-state index contributed by atoms with van der Waals surface area (Å²) in [6, 6.07) is 4.27. The summed E-state index contributed by atoms with van der Waals surface area (Å²) < 4.78 is 0. The van der Waals surface area contributed by atoms with Crippen LogP contribution in [-0.2, 0) is 6.54 Å². The van der Waals surface area contributed by atoms with Crippen molar-refractivity contribution in [3.63, 3.8) is 0 Å². The molecule has 1 aliphatic heterocycles. The zero-order valence-corrected chi connectivity index (χ0v) is 9.47. The maximum atomic E-state index is 9.37. The van der Waals surface area contributed by atoms with E-state index in [-0.39, 0.29) is 12.6 Å². The van der Waals surface area contributed by atoms with Crippen LogP contribution in [-0.4, -0.2) is 47.3 Å². The second-order valence-corrected chi connectivity index (χ2v) is 4.23. The van der Waals surface area contributed by atoms with Gasteiger partial charge < -0.3 is 10.4 Å². The molecule has 4 nitrogen and oxygen atoms in total. The lowest BCUT2D eigenvalue weighted by atomic mass is 10.2. The highest BCUT2D eigenvalue weighted by Gasteiger charge is 2.19. The number of rotatable bonds is 3. The Morgan fingerprint density at radius 2 is 2.50 bits per heavy atom. The molecule has 0 aliphatic carbocycles. The molecular formula is C12H19N3O. The molecule has 1 aromatic heterocycles. The van der Waals surface area contributed by atoms with Gasteiger partial charge in [-0.25, -0.2) is 0 Å². The van der Waals surface area contributed by atoms with Gasteiger partial charge in [-0.05, 0) is 24.6 Å². The van der Waals surface area contributed by atoms with Gasteiger partial charge in [0.25, 0.3) is 0 Å². The van der Waals surface area contributed by atoms with Gasteiger partial charge in [0.1, 0.15) is 0 Å². The van der Waals surface area contributed by atoms with Gasteiger partial charge in [-0.15, -0.1) is 0 Å². The first-order valence-corrected chi connectivity index (χ1v) is 5.84. The van der Waals surface area contributed by atoms with E-state index in [0.717, 1.165) is 32.6 Å². The molecule has 2 N–H and O–H groups in total. The van der Waals surface area contributed by atoms with Crippen LogP contribution in [0.5, 0.6) is 0 Å². The van der Waals surface area contributed by atoms with Gasteiger partial charge in [0.2, 0.25) is 0 Å². The molecular weight excluding hydrogens is 202 g/mol. The molecule has 2 rings (SSSR count). The van der Waals surface area contributed by atoms with Gasteiger partial charge in [-0.3, -0.25) is 9.88 Å². The van der Waals surface area contributed by atoms with Crippen LogP contribution >= 0.6 is 0 Å². The van der Waals surface area contributed by atoms with Crippen molar-refractivity contribution in [3.8, 4) is 0 Å². The highest BCUT2D eigenvalue weighted by molar-refractivity contribution is 5.08. The van der Waals surface area contributed by atoms with Crippen LogP contribution in [0.2, 0.25) is 0 Å². The summed E-state index contributed by atoms with van der Waals surface area (Å²) in [6.45, 7) is 4.04. The molecule has 0 radical (unpaired) electrons. The molecule has 88 valence electrons. The van der Waals surface area contributed by atoms with Crippen molar-refractivity contribution < 1.29 is 5.11 Å². The standard InChI is InChI=1S/C12H19N3O/c16-10-12-8-14-5-2-6-15(12)9-11-3-1-4-13-7-11/h1,3-4,7,12,14,16H,2,5-6,8-10H2. The van der Waals surface area contributed by atoms with Crippen LogP contribution in [0.25, 0.3) is 0 Å². The van der Waals surface area contributed by atoms with E-state index < -0.39 is 0 Å². The topological polar surface area (TPSA) is 48.4 Å².